The summed E-state index contributed by atoms with van der Waals surface area (Å²) in [5, 5.41) is 4.49. The maximum absolute atomic E-state index is 6.32. The molecule has 1 N–H and O–H groups in total. The molecular weight excluding hydrogens is 744 g/mol. The summed E-state index contributed by atoms with van der Waals surface area (Å²) in [6, 6.07) is 49.3. The van der Waals surface area contributed by atoms with Gasteiger partial charge < -0.3 is 14.8 Å². The molecule has 0 aliphatic heterocycles. The first-order valence-electron chi connectivity index (χ1n) is 19.2. The van der Waals surface area contributed by atoms with E-state index in [0.717, 1.165) is 65.4 Å². The van der Waals surface area contributed by atoms with Crippen molar-refractivity contribution in [3.8, 4) is 45.1 Å². The van der Waals surface area contributed by atoms with Gasteiger partial charge >= 0.3 is 0 Å². The molecule has 7 heteroatoms. The van der Waals surface area contributed by atoms with E-state index < -0.39 is 0 Å². The maximum atomic E-state index is 6.32. The molecule has 7 rings (SSSR count). The number of rotatable bonds is 16. The van der Waals surface area contributed by atoms with Crippen LogP contribution in [0.3, 0.4) is 0 Å². The lowest BCUT2D eigenvalue weighted by atomic mass is 9.98. The van der Waals surface area contributed by atoms with Gasteiger partial charge in [-0.3, -0.25) is 0 Å². The molecule has 1 atom stereocenters. The minimum atomic E-state index is 0.0486. The van der Waals surface area contributed by atoms with Crippen molar-refractivity contribution in [2.75, 3.05) is 19.0 Å². The summed E-state index contributed by atoms with van der Waals surface area (Å²) >= 11 is 3.59. The zero-order chi connectivity index (χ0) is 38.0. The number of unbranched alkanes of at least 4 members (excludes halogenated alkanes) is 4. The second-order valence-corrected chi connectivity index (χ2v) is 14.9. The summed E-state index contributed by atoms with van der Waals surface area (Å²) in [5.41, 5.74) is 9.36. The summed E-state index contributed by atoms with van der Waals surface area (Å²) in [5.74, 6) is 2.86. The number of aromatic nitrogens is 3. The second kappa shape index (κ2) is 18.2. The Hall–Kier alpha value is -5.53. The van der Waals surface area contributed by atoms with Gasteiger partial charge in [0.1, 0.15) is 18.2 Å². The van der Waals surface area contributed by atoms with Crippen LogP contribution in [0.1, 0.15) is 56.5 Å². The van der Waals surface area contributed by atoms with Gasteiger partial charge in [-0.2, -0.15) is 4.57 Å². The lowest BCUT2D eigenvalue weighted by Crippen LogP contribution is -2.39. The summed E-state index contributed by atoms with van der Waals surface area (Å²) in [6.07, 6.45) is 5.42. The van der Waals surface area contributed by atoms with Crippen LogP contribution in [0.15, 0.2) is 144 Å². The largest absolute Gasteiger partial charge is 0.493 e. The molecule has 0 amide bonds. The van der Waals surface area contributed by atoms with Crippen molar-refractivity contribution in [2.45, 2.75) is 58.5 Å². The smallest absolute Gasteiger partial charge is 0.213 e. The van der Waals surface area contributed by atoms with E-state index in [4.69, 9.17) is 19.4 Å². The van der Waals surface area contributed by atoms with Gasteiger partial charge in [-0.1, -0.05) is 108 Å². The molecule has 55 heavy (non-hydrogen) atoms. The van der Waals surface area contributed by atoms with Crippen molar-refractivity contribution in [3.63, 3.8) is 0 Å². The number of fused-ring (bicyclic) bond motifs is 1. The molecular formula is C48H48BrN4O2+. The van der Waals surface area contributed by atoms with E-state index in [-0.39, 0.29) is 6.04 Å². The van der Waals surface area contributed by atoms with Crippen molar-refractivity contribution in [1.29, 1.82) is 0 Å². The number of nitrogens with zero attached hydrogens (tertiary/aromatic N) is 3. The van der Waals surface area contributed by atoms with Crippen LogP contribution >= 0.6 is 15.9 Å². The van der Waals surface area contributed by atoms with Crippen LogP contribution in [0, 0.1) is 6.92 Å². The summed E-state index contributed by atoms with van der Waals surface area (Å²) < 4.78 is 15.7. The molecule has 0 aliphatic rings. The average Bonchev–Trinajstić information content (AvgIpc) is 3.22. The molecule has 0 fully saturated rings. The van der Waals surface area contributed by atoms with Gasteiger partial charge in [-0.15, -0.1) is 0 Å². The number of anilines is 1. The second-order valence-electron chi connectivity index (χ2n) is 13.9. The van der Waals surface area contributed by atoms with Crippen LogP contribution < -0.4 is 19.4 Å². The van der Waals surface area contributed by atoms with Gasteiger partial charge in [-0.25, -0.2) is 9.97 Å². The topological polar surface area (TPSA) is 60.1 Å². The van der Waals surface area contributed by atoms with E-state index in [1.54, 1.807) is 7.11 Å². The van der Waals surface area contributed by atoms with Crippen molar-refractivity contribution in [2.24, 2.45) is 0 Å². The fourth-order valence-electron chi connectivity index (χ4n) is 7.14. The van der Waals surface area contributed by atoms with Gasteiger partial charge in [-0.05, 0) is 85.8 Å². The standard InChI is InChI=1S/C48H48BrN4O2/c1-34(39-25-18-26-41(49)29-39)50-48-42-32-46(54-3)47(33-43(42)51-35(2)52-48)55-28-17-6-4-5-16-27-53-44(37-21-12-8-13-22-37)30-40(36-19-10-7-11-20-36)31-45(53)38-23-14-9-15-24-38/h7-15,18-26,29-34H,4-6,16-17,27-28H2,1-3H3,(H,50,51,52)/q+1/t34-/m1/s1. The first-order valence-corrected chi connectivity index (χ1v) is 20.0. The summed E-state index contributed by atoms with van der Waals surface area (Å²) in [7, 11) is 1.68. The fraction of sp³-hybridized carbons (Fsp3) is 0.229. The summed E-state index contributed by atoms with van der Waals surface area (Å²) in [4.78, 5) is 9.49. The Morgan fingerprint density at radius 1 is 0.636 bits per heavy atom. The lowest BCUT2D eigenvalue weighted by Gasteiger charge is -2.18. The van der Waals surface area contributed by atoms with Gasteiger partial charge in [0.05, 0.1) is 25.3 Å². The Kier molecular flexibility index (Phi) is 12.5. The minimum Gasteiger partial charge on any atom is -0.493 e. The number of benzene rings is 5. The van der Waals surface area contributed by atoms with E-state index in [1.807, 2.05) is 31.2 Å². The van der Waals surface area contributed by atoms with Crippen LogP contribution in [0.25, 0.3) is 44.5 Å². The van der Waals surface area contributed by atoms with Crippen molar-refractivity contribution in [1.82, 2.24) is 9.97 Å². The molecule has 2 aromatic heterocycles. The van der Waals surface area contributed by atoms with Gasteiger partial charge in [0.25, 0.3) is 0 Å². The zero-order valence-corrected chi connectivity index (χ0v) is 33.4. The number of aryl methyl sites for hydroxylation is 1. The third-order valence-electron chi connectivity index (χ3n) is 9.99. The predicted octanol–water partition coefficient (Wildman–Crippen LogP) is 12.2. The molecule has 0 aliphatic carbocycles. The molecule has 0 bridgehead atoms. The molecule has 0 radical (unpaired) electrons. The molecule has 7 aromatic rings. The van der Waals surface area contributed by atoms with Crippen molar-refractivity contribution >= 4 is 32.7 Å². The molecule has 278 valence electrons. The maximum Gasteiger partial charge on any atom is 0.213 e. The number of hydrogen-bond donors (Lipinski definition) is 1. The van der Waals surface area contributed by atoms with Crippen LogP contribution in [-0.2, 0) is 6.54 Å². The Labute approximate surface area is 333 Å². The third-order valence-corrected chi connectivity index (χ3v) is 10.5. The Bertz CT molecular complexity index is 2270. The van der Waals surface area contributed by atoms with Crippen LogP contribution in [0.2, 0.25) is 0 Å². The van der Waals surface area contributed by atoms with Crippen molar-refractivity contribution in [3.05, 3.63) is 155 Å². The molecule has 0 saturated heterocycles. The van der Waals surface area contributed by atoms with Gasteiger partial charge in [0, 0.05) is 45.6 Å². The van der Waals surface area contributed by atoms with Crippen molar-refractivity contribution < 1.29 is 14.0 Å². The van der Waals surface area contributed by atoms with E-state index in [1.165, 1.54) is 33.6 Å². The van der Waals surface area contributed by atoms with Crippen LogP contribution in [0.5, 0.6) is 11.5 Å². The highest BCUT2D eigenvalue weighted by Gasteiger charge is 2.22. The lowest BCUT2D eigenvalue weighted by molar-refractivity contribution is -0.675. The third kappa shape index (κ3) is 9.41. The molecule has 5 aromatic carbocycles. The Balaban J connectivity index is 0.992. The number of ether oxygens (including phenoxy) is 2. The Morgan fingerprint density at radius 3 is 1.89 bits per heavy atom. The molecule has 0 saturated carbocycles. The van der Waals surface area contributed by atoms with E-state index in [2.05, 4.69) is 148 Å². The molecule has 0 unspecified atom stereocenters. The first kappa shape index (κ1) is 37.8. The highest BCUT2D eigenvalue weighted by atomic mass is 79.9. The number of halogens is 1. The normalized spacial score (nSPS) is 11.7. The van der Waals surface area contributed by atoms with E-state index in [0.29, 0.717) is 23.9 Å². The predicted molar refractivity (Wildman–Crippen MR) is 229 cm³/mol. The summed E-state index contributed by atoms with van der Waals surface area (Å²) in [6.45, 7) is 5.60. The number of nitrogens with one attached hydrogen (secondary N) is 1. The monoisotopic (exact) mass is 791 g/mol. The molecule has 6 nitrogen and oxygen atoms in total. The molecule has 0 spiro atoms. The quantitative estimate of drug-likeness (QED) is 0.0780. The molecule has 2 heterocycles. The van der Waals surface area contributed by atoms with E-state index >= 15 is 0 Å². The fourth-order valence-corrected chi connectivity index (χ4v) is 7.56. The number of hydrogen-bond acceptors (Lipinski definition) is 5. The Morgan fingerprint density at radius 2 is 1.25 bits per heavy atom. The average molecular weight is 793 g/mol. The zero-order valence-electron chi connectivity index (χ0n) is 31.8. The van der Waals surface area contributed by atoms with Gasteiger partial charge in [0.15, 0.2) is 11.5 Å². The van der Waals surface area contributed by atoms with Crippen LogP contribution in [-0.4, -0.2) is 23.7 Å². The highest BCUT2D eigenvalue weighted by molar-refractivity contribution is 9.10. The minimum absolute atomic E-state index is 0.0486. The highest BCUT2D eigenvalue weighted by Crippen LogP contribution is 2.36. The SMILES string of the molecule is COc1cc2c(N[C@H](C)c3cccc(Br)c3)nc(C)nc2cc1OCCCCCCC[n+]1c(-c2ccccc2)cc(-c2ccccc2)cc1-c1ccccc1. The number of methoxy groups -OCH3 is 1. The first-order chi connectivity index (χ1) is 27.0. The van der Waals surface area contributed by atoms with Crippen LogP contribution in [0.4, 0.5) is 5.82 Å². The number of pyridine rings is 1. The van der Waals surface area contributed by atoms with Gasteiger partial charge in [0.2, 0.25) is 11.4 Å². The van der Waals surface area contributed by atoms with E-state index in [9.17, 15) is 0 Å².